The van der Waals surface area contributed by atoms with Crippen molar-refractivity contribution in [1.29, 1.82) is 0 Å². The second-order valence-electron chi connectivity index (χ2n) is 6.82. The molecule has 2 heterocycles. The average Bonchev–Trinajstić information content (AvgIpc) is 3.11. The van der Waals surface area contributed by atoms with Crippen LogP contribution in [0, 0.1) is 18.7 Å². The number of likely N-dealkylation sites (tertiary alicyclic amines) is 1. The van der Waals surface area contributed by atoms with Gasteiger partial charge in [-0.15, -0.1) is 0 Å². The molecule has 1 amide bonds. The standard InChI is InChI=1S/C19H25FN4O2/c1-3-8-21-19(25)14-6-9-24(10-7-14)12-17-22-18(23-26-17)15-5-4-13(2)16(20)11-15/h4-5,11,14H,3,6-10,12H2,1-2H3,(H,21,25). The Hall–Kier alpha value is -2.28. The normalized spacial score (nSPS) is 16.0. The second-order valence-corrected chi connectivity index (χ2v) is 6.82. The van der Waals surface area contributed by atoms with Gasteiger partial charge in [-0.1, -0.05) is 24.2 Å². The summed E-state index contributed by atoms with van der Waals surface area (Å²) < 4.78 is 19.0. The fourth-order valence-corrected chi connectivity index (χ4v) is 3.11. The van der Waals surface area contributed by atoms with E-state index in [0.29, 0.717) is 29.4 Å². The van der Waals surface area contributed by atoms with Crippen LogP contribution >= 0.6 is 0 Å². The van der Waals surface area contributed by atoms with Crippen molar-refractivity contribution in [3.8, 4) is 11.4 Å². The Labute approximate surface area is 152 Å². The first-order valence-electron chi connectivity index (χ1n) is 9.16. The smallest absolute Gasteiger partial charge is 0.241 e. The number of piperidine rings is 1. The zero-order valence-electron chi connectivity index (χ0n) is 15.3. The van der Waals surface area contributed by atoms with E-state index >= 15 is 0 Å². The van der Waals surface area contributed by atoms with E-state index in [1.807, 2.05) is 6.92 Å². The molecular formula is C19H25FN4O2. The molecule has 2 aromatic rings. The zero-order valence-corrected chi connectivity index (χ0v) is 15.3. The Morgan fingerprint density at radius 1 is 1.38 bits per heavy atom. The number of hydrogen-bond donors (Lipinski definition) is 1. The summed E-state index contributed by atoms with van der Waals surface area (Å²) in [6.07, 6.45) is 2.62. The SMILES string of the molecule is CCCNC(=O)C1CCN(Cc2nc(-c3ccc(C)c(F)c3)no2)CC1. The number of hydrogen-bond acceptors (Lipinski definition) is 5. The Bertz CT molecular complexity index is 754. The van der Waals surface area contributed by atoms with Gasteiger partial charge in [0.2, 0.25) is 17.6 Å². The Morgan fingerprint density at radius 3 is 2.85 bits per heavy atom. The van der Waals surface area contributed by atoms with Crippen LogP contribution in [0.5, 0.6) is 0 Å². The molecule has 7 heteroatoms. The maximum Gasteiger partial charge on any atom is 0.241 e. The monoisotopic (exact) mass is 360 g/mol. The highest BCUT2D eigenvalue weighted by molar-refractivity contribution is 5.78. The summed E-state index contributed by atoms with van der Waals surface area (Å²) in [5, 5.41) is 6.92. The van der Waals surface area contributed by atoms with E-state index in [1.54, 1.807) is 19.1 Å². The maximum absolute atomic E-state index is 13.7. The minimum absolute atomic E-state index is 0.0894. The van der Waals surface area contributed by atoms with E-state index in [2.05, 4.69) is 20.4 Å². The molecular weight excluding hydrogens is 335 g/mol. The minimum Gasteiger partial charge on any atom is -0.356 e. The molecule has 1 fully saturated rings. The minimum atomic E-state index is -0.280. The van der Waals surface area contributed by atoms with Crippen LogP contribution in [0.25, 0.3) is 11.4 Å². The number of rotatable bonds is 6. The molecule has 1 aromatic heterocycles. The summed E-state index contributed by atoms with van der Waals surface area (Å²) in [6.45, 7) is 6.69. The topological polar surface area (TPSA) is 71.3 Å². The van der Waals surface area contributed by atoms with Gasteiger partial charge in [-0.25, -0.2) is 4.39 Å². The van der Waals surface area contributed by atoms with Crippen LogP contribution in [-0.2, 0) is 11.3 Å². The molecule has 26 heavy (non-hydrogen) atoms. The van der Waals surface area contributed by atoms with Crippen LogP contribution in [0.2, 0.25) is 0 Å². The van der Waals surface area contributed by atoms with Gasteiger partial charge in [-0.05, 0) is 50.9 Å². The van der Waals surface area contributed by atoms with Crippen molar-refractivity contribution in [2.24, 2.45) is 5.92 Å². The second kappa shape index (κ2) is 8.40. The molecule has 6 nitrogen and oxygen atoms in total. The molecule has 0 saturated carbocycles. The largest absolute Gasteiger partial charge is 0.356 e. The predicted octanol–water partition coefficient (Wildman–Crippen LogP) is 2.92. The summed E-state index contributed by atoms with van der Waals surface area (Å²) in [5.74, 6) is 0.874. The number of halogens is 1. The molecule has 1 aliphatic heterocycles. The number of nitrogens with one attached hydrogen (secondary N) is 1. The third kappa shape index (κ3) is 4.46. The summed E-state index contributed by atoms with van der Waals surface area (Å²) in [4.78, 5) is 18.6. The first-order valence-corrected chi connectivity index (χ1v) is 9.16. The lowest BCUT2D eigenvalue weighted by atomic mass is 9.96. The zero-order chi connectivity index (χ0) is 18.5. The quantitative estimate of drug-likeness (QED) is 0.858. The number of nitrogens with zero attached hydrogens (tertiary/aromatic N) is 3. The van der Waals surface area contributed by atoms with Crippen molar-refractivity contribution in [3.05, 3.63) is 35.5 Å². The molecule has 0 bridgehead atoms. The van der Waals surface area contributed by atoms with Crippen molar-refractivity contribution in [2.45, 2.75) is 39.7 Å². The van der Waals surface area contributed by atoms with E-state index in [9.17, 15) is 9.18 Å². The van der Waals surface area contributed by atoms with Crippen molar-refractivity contribution in [3.63, 3.8) is 0 Å². The molecule has 0 radical (unpaired) electrons. The number of aryl methyl sites for hydroxylation is 1. The van der Waals surface area contributed by atoms with Gasteiger partial charge >= 0.3 is 0 Å². The molecule has 0 unspecified atom stereocenters. The molecule has 1 aromatic carbocycles. The van der Waals surface area contributed by atoms with Crippen molar-refractivity contribution >= 4 is 5.91 Å². The van der Waals surface area contributed by atoms with Crippen LogP contribution < -0.4 is 5.32 Å². The molecule has 0 aliphatic carbocycles. The van der Waals surface area contributed by atoms with E-state index in [-0.39, 0.29) is 17.6 Å². The van der Waals surface area contributed by atoms with Gasteiger partial charge < -0.3 is 9.84 Å². The number of aromatic nitrogens is 2. The van der Waals surface area contributed by atoms with E-state index in [1.165, 1.54) is 6.07 Å². The highest BCUT2D eigenvalue weighted by Gasteiger charge is 2.25. The average molecular weight is 360 g/mol. The highest BCUT2D eigenvalue weighted by atomic mass is 19.1. The number of amides is 1. The van der Waals surface area contributed by atoms with Gasteiger partial charge in [-0.2, -0.15) is 4.98 Å². The molecule has 3 rings (SSSR count). The van der Waals surface area contributed by atoms with Crippen molar-refractivity contribution in [2.75, 3.05) is 19.6 Å². The first-order chi connectivity index (χ1) is 12.6. The summed E-state index contributed by atoms with van der Waals surface area (Å²) >= 11 is 0. The molecule has 0 atom stereocenters. The van der Waals surface area contributed by atoms with E-state index in [4.69, 9.17) is 4.52 Å². The molecule has 0 spiro atoms. The number of carbonyl (C=O) groups is 1. The third-order valence-corrected chi connectivity index (χ3v) is 4.76. The summed E-state index contributed by atoms with van der Waals surface area (Å²) in [5.41, 5.74) is 1.19. The van der Waals surface area contributed by atoms with Gasteiger partial charge in [0.05, 0.1) is 6.54 Å². The fraction of sp³-hybridized carbons (Fsp3) is 0.526. The van der Waals surface area contributed by atoms with Gasteiger partial charge in [0.15, 0.2) is 0 Å². The lowest BCUT2D eigenvalue weighted by Gasteiger charge is -2.30. The Kier molecular flexibility index (Phi) is 5.98. The highest BCUT2D eigenvalue weighted by Crippen LogP contribution is 2.21. The number of benzene rings is 1. The summed E-state index contributed by atoms with van der Waals surface area (Å²) in [6, 6.07) is 4.91. The van der Waals surface area contributed by atoms with E-state index in [0.717, 1.165) is 38.9 Å². The first kappa shape index (κ1) is 18.5. The molecule has 1 saturated heterocycles. The molecule has 1 N–H and O–H groups in total. The van der Waals surface area contributed by atoms with E-state index < -0.39 is 0 Å². The van der Waals surface area contributed by atoms with Crippen LogP contribution in [0.15, 0.2) is 22.7 Å². The van der Waals surface area contributed by atoms with Crippen molar-refractivity contribution < 1.29 is 13.7 Å². The Balaban J connectivity index is 1.54. The van der Waals surface area contributed by atoms with Crippen LogP contribution in [-0.4, -0.2) is 40.6 Å². The van der Waals surface area contributed by atoms with Crippen LogP contribution in [0.1, 0.15) is 37.6 Å². The van der Waals surface area contributed by atoms with Gasteiger partial charge in [0.25, 0.3) is 0 Å². The Morgan fingerprint density at radius 2 is 2.15 bits per heavy atom. The predicted molar refractivity (Wildman–Crippen MR) is 95.7 cm³/mol. The van der Waals surface area contributed by atoms with Gasteiger partial charge in [-0.3, -0.25) is 9.69 Å². The van der Waals surface area contributed by atoms with Crippen LogP contribution in [0.4, 0.5) is 4.39 Å². The number of carbonyl (C=O) groups excluding carboxylic acids is 1. The lowest BCUT2D eigenvalue weighted by molar-refractivity contribution is -0.126. The summed E-state index contributed by atoms with van der Waals surface area (Å²) in [7, 11) is 0. The fourth-order valence-electron chi connectivity index (χ4n) is 3.11. The van der Waals surface area contributed by atoms with Crippen molar-refractivity contribution in [1.82, 2.24) is 20.4 Å². The molecule has 1 aliphatic rings. The van der Waals surface area contributed by atoms with Crippen LogP contribution in [0.3, 0.4) is 0 Å². The molecule has 140 valence electrons. The van der Waals surface area contributed by atoms with Gasteiger partial charge in [0.1, 0.15) is 5.82 Å². The maximum atomic E-state index is 13.7. The third-order valence-electron chi connectivity index (χ3n) is 4.76. The van der Waals surface area contributed by atoms with Gasteiger partial charge in [0, 0.05) is 18.0 Å². The lowest BCUT2D eigenvalue weighted by Crippen LogP contribution is -2.40.